The molecule has 8 heteroatoms. The number of aliphatic hydroxyl groups excluding tert-OH is 2. The number of halogens is 1. The van der Waals surface area contributed by atoms with Gasteiger partial charge in [0.1, 0.15) is 5.82 Å². The number of H-pyrrole nitrogens is 1. The van der Waals surface area contributed by atoms with Crippen LogP contribution in [-0.4, -0.2) is 46.0 Å². The maximum atomic E-state index is 13.9. The summed E-state index contributed by atoms with van der Waals surface area (Å²) in [6.45, 7) is 1.08. The Hall–Kier alpha value is -2.55. The molecule has 5 rings (SSSR count). The van der Waals surface area contributed by atoms with Crippen molar-refractivity contribution < 1.29 is 14.6 Å². The van der Waals surface area contributed by atoms with E-state index in [9.17, 15) is 19.4 Å². The summed E-state index contributed by atoms with van der Waals surface area (Å²) in [7, 11) is 0. The van der Waals surface area contributed by atoms with Gasteiger partial charge in [0.2, 0.25) is 0 Å². The van der Waals surface area contributed by atoms with E-state index in [1.807, 2.05) is 6.07 Å². The number of aromatic amines is 1. The van der Waals surface area contributed by atoms with Crippen LogP contribution in [0.15, 0.2) is 35.3 Å². The summed E-state index contributed by atoms with van der Waals surface area (Å²) < 4.78 is 14.8. The van der Waals surface area contributed by atoms with Crippen LogP contribution in [0.25, 0.3) is 31.8 Å². The van der Waals surface area contributed by atoms with E-state index in [0.717, 1.165) is 26.1 Å². The minimum absolute atomic E-state index is 0.0803. The standard InChI is InChI=1S/C20H18FN3O3S/c21-11-1-2-12-14(7-11)16-13(3-5-22-19(16)27)18-17(12)23-20(28-18)24-6-4-15(26)10(8-24)9-25/h1-3,5,7,10,15,25-26H,4,6,8-9H2,(H,22,27)/t10-,15+/m1/s1. The second kappa shape index (κ2) is 6.51. The summed E-state index contributed by atoms with van der Waals surface area (Å²) in [5.41, 5.74) is 0.478. The lowest BCUT2D eigenvalue weighted by Crippen LogP contribution is -2.44. The summed E-state index contributed by atoms with van der Waals surface area (Å²) in [5, 5.41) is 22.8. The summed E-state index contributed by atoms with van der Waals surface area (Å²) in [6, 6.07) is 6.24. The molecule has 1 fully saturated rings. The highest BCUT2D eigenvalue weighted by atomic mass is 32.1. The molecule has 1 aliphatic heterocycles. The Morgan fingerprint density at radius 3 is 2.96 bits per heavy atom. The summed E-state index contributed by atoms with van der Waals surface area (Å²) in [4.78, 5) is 22.1. The fourth-order valence-electron chi connectivity index (χ4n) is 4.05. The first-order valence-corrected chi connectivity index (χ1v) is 9.95. The number of anilines is 1. The molecule has 0 aliphatic carbocycles. The van der Waals surface area contributed by atoms with Crippen molar-refractivity contribution in [1.82, 2.24) is 9.97 Å². The second-order valence-corrected chi connectivity index (χ2v) is 8.18. The number of hydrogen-bond donors (Lipinski definition) is 3. The molecule has 0 radical (unpaired) electrons. The lowest BCUT2D eigenvalue weighted by atomic mass is 9.96. The molecule has 2 aromatic carbocycles. The van der Waals surface area contributed by atoms with Crippen molar-refractivity contribution in [2.24, 2.45) is 5.92 Å². The van der Waals surface area contributed by atoms with Crippen LogP contribution in [0.3, 0.4) is 0 Å². The molecule has 1 aliphatic rings. The third kappa shape index (κ3) is 2.60. The average molecular weight is 399 g/mol. The SMILES string of the molecule is O=c1[nH]ccc2c3sc(N4CC[C@H](O)[C@@H](CO)C4)nc3c3ccc(F)cc3c12. The molecule has 0 unspecified atom stereocenters. The van der Waals surface area contributed by atoms with Gasteiger partial charge in [-0.1, -0.05) is 11.3 Å². The predicted molar refractivity (Wildman–Crippen MR) is 109 cm³/mol. The number of nitrogens with zero attached hydrogens (tertiary/aromatic N) is 2. The van der Waals surface area contributed by atoms with Crippen molar-refractivity contribution in [3.05, 3.63) is 46.6 Å². The van der Waals surface area contributed by atoms with Gasteiger partial charge >= 0.3 is 0 Å². The van der Waals surface area contributed by atoms with E-state index in [1.165, 1.54) is 23.5 Å². The molecule has 3 N–H and O–H groups in total. The Morgan fingerprint density at radius 2 is 2.14 bits per heavy atom. The molecule has 28 heavy (non-hydrogen) atoms. The maximum absolute atomic E-state index is 13.9. The first-order valence-electron chi connectivity index (χ1n) is 9.14. The van der Waals surface area contributed by atoms with Gasteiger partial charge in [0.15, 0.2) is 5.13 Å². The zero-order valence-corrected chi connectivity index (χ0v) is 15.7. The molecule has 0 spiro atoms. The van der Waals surface area contributed by atoms with E-state index in [2.05, 4.69) is 9.88 Å². The molecular weight excluding hydrogens is 381 g/mol. The van der Waals surface area contributed by atoms with Gasteiger partial charge in [-0.3, -0.25) is 4.79 Å². The van der Waals surface area contributed by atoms with Gasteiger partial charge in [0, 0.05) is 41.4 Å². The van der Waals surface area contributed by atoms with Gasteiger partial charge in [-0.2, -0.15) is 0 Å². The molecule has 2 aromatic heterocycles. The largest absolute Gasteiger partial charge is 0.396 e. The zero-order valence-electron chi connectivity index (χ0n) is 14.9. The minimum atomic E-state index is -0.515. The Bertz CT molecular complexity index is 1270. The first kappa shape index (κ1) is 17.5. The number of nitrogens with one attached hydrogen (secondary N) is 1. The highest BCUT2D eigenvalue weighted by Gasteiger charge is 2.29. The number of aliphatic hydroxyl groups is 2. The molecular formula is C20H18FN3O3S. The van der Waals surface area contributed by atoms with E-state index in [4.69, 9.17) is 4.98 Å². The van der Waals surface area contributed by atoms with Crippen LogP contribution >= 0.6 is 11.3 Å². The van der Waals surface area contributed by atoms with E-state index in [-0.39, 0.29) is 18.1 Å². The molecule has 4 aromatic rings. The van der Waals surface area contributed by atoms with Gasteiger partial charge in [-0.25, -0.2) is 9.37 Å². The average Bonchev–Trinajstić information content (AvgIpc) is 3.14. The van der Waals surface area contributed by atoms with Crippen molar-refractivity contribution in [1.29, 1.82) is 0 Å². The normalized spacial score (nSPS) is 20.5. The van der Waals surface area contributed by atoms with Crippen molar-refractivity contribution in [2.75, 3.05) is 24.6 Å². The molecule has 1 saturated heterocycles. The number of rotatable bonds is 2. The van der Waals surface area contributed by atoms with Crippen LogP contribution < -0.4 is 10.5 Å². The quantitative estimate of drug-likeness (QED) is 0.451. The van der Waals surface area contributed by atoms with Crippen molar-refractivity contribution in [2.45, 2.75) is 12.5 Å². The Balaban J connectivity index is 1.78. The topological polar surface area (TPSA) is 89.5 Å². The monoisotopic (exact) mass is 399 g/mol. The third-order valence-corrected chi connectivity index (χ3v) is 6.68. The Morgan fingerprint density at radius 1 is 1.29 bits per heavy atom. The van der Waals surface area contributed by atoms with E-state index in [0.29, 0.717) is 30.3 Å². The molecule has 0 amide bonds. The zero-order chi connectivity index (χ0) is 19.4. The number of piperidine rings is 1. The van der Waals surface area contributed by atoms with Crippen LogP contribution in [0.5, 0.6) is 0 Å². The van der Waals surface area contributed by atoms with E-state index < -0.39 is 11.9 Å². The van der Waals surface area contributed by atoms with Crippen molar-refractivity contribution in [3.63, 3.8) is 0 Å². The highest BCUT2D eigenvalue weighted by molar-refractivity contribution is 7.23. The number of benzene rings is 2. The molecule has 0 bridgehead atoms. The maximum Gasteiger partial charge on any atom is 0.256 e. The smallest absolute Gasteiger partial charge is 0.256 e. The van der Waals surface area contributed by atoms with Crippen molar-refractivity contribution >= 4 is 48.2 Å². The van der Waals surface area contributed by atoms with Gasteiger partial charge in [0.05, 0.1) is 28.3 Å². The van der Waals surface area contributed by atoms with Crippen molar-refractivity contribution in [3.8, 4) is 0 Å². The van der Waals surface area contributed by atoms with Crippen LogP contribution in [0, 0.1) is 11.7 Å². The van der Waals surface area contributed by atoms with Gasteiger partial charge in [-0.05, 0) is 30.7 Å². The van der Waals surface area contributed by atoms with Gasteiger partial charge < -0.3 is 20.1 Å². The number of hydrogen-bond acceptors (Lipinski definition) is 6. The lowest BCUT2D eigenvalue weighted by molar-refractivity contribution is 0.0525. The lowest BCUT2D eigenvalue weighted by Gasteiger charge is -2.35. The predicted octanol–water partition coefficient (Wildman–Crippen LogP) is 2.61. The van der Waals surface area contributed by atoms with Gasteiger partial charge in [-0.15, -0.1) is 0 Å². The highest BCUT2D eigenvalue weighted by Crippen LogP contribution is 2.40. The van der Waals surface area contributed by atoms with Crippen LogP contribution in [-0.2, 0) is 0 Å². The van der Waals surface area contributed by atoms with Crippen LogP contribution in [0.1, 0.15) is 6.42 Å². The summed E-state index contributed by atoms with van der Waals surface area (Å²) in [5.74, 6) is -0.617. The minimum Gasteiger partial charge on any atom is -0.396 e. The van der Waals surface area contributed by atoms with Crippen LogP contribution in [0.4, 0.5) is 9.52 Å². The van der Waals surface area contributed by atoms with Gasteiger partial charge in [0.25, 0.3) is 5.56 Å². The Kier molecular flexibility index (Phi) is 4.08. The van der Waals surface area contributed by atoms with Crippen LogP contribution in [0.2, 0.25) is 0 Å². The summed E-state index contributed by atoms with van der Waals surface area (Å²) >= 11 is 1.48. The molecule has 2 atom stereocenters. The number of aromatic nitrogens is 2. The third-order valence-electron chi connectivity index (χ3n) is 5.53. The Labute approximate surface area is 162 Å². The molecule has 3 heterocycles. The van der Waals surface area contributed by atoms with E-state index in [1.54, 1.807) is 12.3 Å². The first-order chi connectivity index (χ1) is 13.6. The fourth-order valence-corrected chi connectivity index (χ4v) is 5.19. The fraction of sp³-hybridized carbons (Fsp3) is 0.300. The second-order valence-electron chi connectivity index (χ2n) is 7.20. The number of thiazole rings is 1. The summed E-state index contributed by atoms with van der Waals surface area (Å²) in [6.07, 6.45) is 1.64. The number of pyridine rings is 1. The molecule has 6 nitrogen and oxygen atoms in total. The molecule has 0 saturated carbocycles. The number of fused-ring (bicyclic) bond motifs is 6. The molecule has 144 valence electrons. The van der Waals surface area contributed by atoms with E-state index >= 15 is 0 Å².